The molecular weight excluding hydrogens is 255 g/mol. The average molecular weight is 266 g/mol. The van der Waals surface area contributed by atoms with Crippen molar-refractivity contribution >= 4 is 5.91 Å². The molecule has 2 aromatic carbocycles. The second kappa shape index (κ2) is 4.78. The van der Waals surface area contributed by atoms with E-state index in [9.17, 15) is 9.18 Å². The van der Waals surface area contributed by atoms with Gasteiger partial charge in [0.2, 0.25) is 0 Å². The molecule has 98 valence electrons. The lowest BCUT2D eigenvalue weighted by molar-refractivity contribution is 0.0751. The van der Waals surface area contributed by atoms with Gasteiger partial charge in [-0.05, 0) is 29.3 Å². The SMILES string of the molecule is N#Cc1cc(C(=O)N2Cc3ccccc3C2)ccc1F. The molecule has 2 aromatic rings. The van der Waals surface area contributed by atoms with Crippen LogP contribution in [0, 0.1) is 17.1 Å². The summed E-state index contributed by atoms with van der Waals surface area (Å²) in [7, 11) is 0. The van der Waals surface area contributed by atoms with Crippen LogP contribution in [0.2, 0.25) is 0 Å². The molecule has 0 N–H and O–H groups in total. The standard InChI is InChI=1S/C16H11FN2O/c17-15-6-5-11(7-14(15)8-18)16(20)19-9-12-3-1-2-4-13(12)10-19/h1-7H,9-10H2. The minimum absolute atomic E-state index is 0.104. The number of halogens is 1. The van der Waals surface area contributed by atoms with E-state index in [4.69, 9.17) is 5.26 Å². The highest BCUT2D eigenvalue weighted by Gasteiger charge is 2.24. The van der Waals surface area contributed by atoms with E-state index in [1.165, 1.54) is 12.1 Å². The lowest BCUT2D eigenvalue weighted by Crippen LogP contribution is -2.25. The first-order valence-corrected chi connectivity index (χ1v) is 6.25. The number of fused-ring (bicyclic) bond motifs is 1. The smallest absolute Gasteiger partial charge is 0.254 e. The van der Waals surface area contributed by atoms with E-state index >= 15 is 0 Å². The van der Waals surface area contributed by atoms with Crippen molar-refractivity contribution in [3.63, 3.8) is 0 Å². The third kappa shape index (κ3) is 2.04. The maximum absolute atomic E-state index is 13.3. The molecule has 0 atom stereocenters. The Morgan fingerprint density at radius 3 is 2.40 bits per heavy atom. The van der Waals surface area contributed by atoms with E-state index in [-0.39, 0.29) is 11.5 Å². The molecule has 0 aromatic heterocycles. The van der Waals surface area contributed by atoms with Crippen LogP contribution >= 0.6 is 0 Å². The molecule has 0 saturated carbocycles. The highest BCUT2D eigenvalue weighted by molar-refractivity contribution is 5.94. The summed E-state index contributed by atoms with van der Waals surface area (Å²) in [5.74, 6) is -0.786. The number of hydrogen-bond donors (Lipinski definition) is 0. The van der Waals surface area contributed by atoms with Crippen LogP contribution in [0.3, 0.4) is 0 Å². The van der Waals surface area contributed by atoms with Gasteiger partial charge in [-0.3, -0.25) is 4.79 Å². The lowest BCUT2D eigenvalue weighted by Gasteiger charge is -2.15. The maximum atomic E-state index is 13.3. The van der Waals surface area contributed by atoms with Crippen LogP contribution in [0.4, 0.5) is 4.39 Å². The van der Waals surface area contributed by atoms with Gasteiger partial charge >= 0.3 is 0 Å². The van der Waals surface area contributed by atoms with E-state index in [0.29, 0.717) is 18.7 Å². The maximum Gasteiger partial charge on any atom is 0.254 e. The van der Waals surface area contributed by atoms with E-state index in [1.807, 2.05) is 24.3 Å². The molecule has 1 aliphatic heterocycles. The van der Waals surface area contributed by atoms with Crippen molar-refractivity contribution in [3.8, 4) is 6.07 Å². The number of rotatable bonds is 1. The Bertz CT molecular complexity index is 708. The molecule has 1 amide bonds. The molecule has 4 heteroatoms. The van der Waals surface area contributed by atoms with Crippen molar-refractivity contribution in [2.75, 3.05) is 0 Å². The van der Waals surface area contributed by atoms with Gasteiger partial charge in [0.05, 0.1) is 5.56 Å². The molecule has 1 aliphatic rings. The molecule has 0 radical (unpaired) electrons. The third-order valence-electron chi connectivity index (χ3n) is 3.46. The monoisotopic (exact) mass is 266 g/mol. The second-order valence-corrected chi connectivity index (χ2v) is 4.74. The number of carbonyl (C=O) groups excluding carboxylic acids is 1. The van der Waals surface area contributed by atoms with E-state index < -0.39 is 5.82 Å². The van der Waals surface area contributed by atoms with Gasteiger partial charge in [0.1, 0.15) is 11.9 Å². The highest BCUT2D eigenvalue weighted by atomic mass is 19.1. The Kier molecular flexibility index (Phi) is 2.96. The van der Waals surface area contributed by atoms with Crippen LogP contribution < -0.4 is 0 Å². The van der Waals surface area contributed by atoms with Crippen LogP contribution in [0.25, 0.3) is 0 Å². The Morgan fingerprint density at radius 1 is 1.15 bits per heavy atom. The van der Waals surface area contributed by atoms with Crippen LogP contribution in [0.15, 0.2) is 42.5 Å². The molecule has 3 nitrogen and oxygen atoms in total. The fraction of sp³-hybridized carbons (Fsp3) is 0.125. The molecule has 3 rings (SSSR count). The number of benzene rings is 2. The quantitative estimate of drug-likeness (QED) is 0.796. The minimum atomic E-state index is -0.603. The van der Waals surface area contributed by atoms with E-state index in [2.05, 4.69) is 0 Å². The van der Waals surface area contributed by atoms with Gasteiger partial charge in [0.15, 0.2) is 0 Å². The number of nitriles is 1. The summed E-state index contributed by atoms with van der Waals surface area (Å²) >= 11 is 0. The highest BCUT2D eigenvalue weighted by Crippen LogP contribution is 2.24. The number of amides is 1. The van der Waals surface area contributed by atoms with Gasteiger partial charge in [-0.2, -0.15) is 5.26 Å². The van der Waals surface area contributed by atoms with Crippen LogP contribution in [0.1, 0.15) is 27.0 Å². The number of nitrogens with zero attached hydrogens (tertiary/aromatic N) is 2. The Labute approximate surface area is 115 Å². The van der Waals surface area contributed by atoms with Gasteiger partial charge in [0, 0.05) is 18.7 Å². The number of carbonyl (C=O) groups is 1. The van der Waals surface area contributed by atoms with E-state index in [1.54, 1.807) is 11.0 Å². The Morgan fingerprint density at radius 2 is 1.80 bits per heavy atom. The molecule has 20 heavy (non-hydrogen) atoms. The predicted octanol–water partition coefficient (Wildman–Crippen LogP) is 2.85. The molecule has 0 bridgehead atoms. The molecule has 1 heterocycles. The minimum Gasteiger partial charge on any atom is -0.330 e. The van der Waals surface area contributed by atoms with Gasteiger partial charge in [-0.1, -0.05) is 24.3 Å². The fourth-order valence-electron chi connectivity index (χ4n) is 2.40. The first kappa shape index (κ1) is 12.4. The molecule has 0 unspecified atom stereocenters. The molecule has 0 saturated heterocycles. The number of hydrogen-bond acceptors (Lipinski definition) is 2. The summed E-state index contributed by atoms with van der Waals surface area (Å²) in [6, 6.07) is 13.5. The van der Waals surface area contributed by atoms with Crippen molar-refractivity contribution in [3.05, 3.63) is 70.5 Å². The first-order chi connectivity index (χ1) is 9.69. The van der Waals surface area contributed by atoms with Crippen molar-refractivity contribution in [1.29, 1.82) is 5.26 Å². The fourth-order valence-corrected chi connectivity index (χ4v) is 2.40. The molecule has 0 spiro atoms. The molecule has 0 aliphatic carbocycles. The van der Waals surface area contributed by atoms with Gasteiger partial charge in [0.25, 0.3) is 5.91 Å². The first-order valence-electron chi connectivity index (χ1n) is 6.25. The van der Waals surface area contributed by atoms with Crippen molar-refractivity contribution in [1.82, 2.24) is 4.90 Å². The zero-order valence-electron chi connectivity index (χ0n) is 10.6. The second-order valence-electron chi connectivity index (χ2n) is 4.74. The van der Waals surface area contributed by atoms with Crippen molar-refractivity contribution < 1.29 is 9.18 Å². The van der Waals surface area contributed by atoms with Gasteiger partial charge in [-0.15, -0.1) is 0 Å². The summed E-state index contributed by atoms with van der Waals surface area (Å²) in [4.78, 5) is 14.1. The van der Waals surface area contributed by atoms with Crippen molar-refractivity contribution in [2.45, 2.75) is 13.1 Å². The summed E-state index contributed by atoms with van der Waals surface area (Å²) in [5, 5.41) is 8.82. The normalized spacial score (nSPS) is 12.9. The topological polar surface area (TPSA) is 44.1 Å². The Hall–Kier alpha value is -2.67. The lowest BCUT2D eigenvalue weighted by atomic mass is 10.1. The zero-order chi connectivity index (χ0) is 14.1. The summed E-state index contributed by atoms with van der Waals surface area (Å²) in [5.41, 5.74) is 2.50. The van der Waals surface area contributed by atoms with Crippen LogP contribution in [-0.4, -0.2) is 10.8 Å². The van der Waals surface area contributed by atoms with Crippen LogP contribution in [0.5, 0.6) is 0 Å². The van der Waals surface area contributed by atoms with Crippen LogP contribution in [-0.2, 0) is 13.1 Å². The van der Waals surface area contributed by atoms with Gasteiger partial charge < -0.3 is 4.90 Å². The zero-order valence-corrected chi connectivity index (χ0v) is 10.6. The summed E-state index contributed by atoms with van der Waals surface area (Å²) in [6.07, 6.45) is 0. The predicted molar refractivity (Wildman–Crippen MR) is 71.1 cm³/mol. The largest absolute Gasteiger partial charge is 0.330 e. The molecule has 0 fully saturated rings. The Balaban J connectivity index is 1.87. The van der Waals surface area contributed by atoms with E-state index in [0.717, 1.165) is 17.2 Å². The van der Waals surface area contributed by atoms with Gasteiger partial charge in [-0.25, -0.2) is 4.39 Å². The van der Waals surface area contributed by atoms with Crippen molar-refractivity contribution in [2.24, 2.45) is 0 Å². The average Bonchev–Trinajstić information content (AvgIpc) is 2.91. The summed E-state index contributed by atoms with van der Waals surface area (Å²) < 4.78 is 13.3. The third-order valence-corrected chi connectivity index (χ3v) is 3.46. The summed E-state index contributed by atoms with van der Waals surface area (Å²) in [6.45, 7) is 1.10. The molecular formula is C16H11FN2O.